The van der Waals surface area contributed by atoms with Crippen molar-refractivity contribution in [3.63, 3.8) is 0 Å². The summed E-state index contributed by atoms with van der Waals surface area (Å²) in [7, 11) is 1.54. The van der Waals surface area contributed by atoms with E-state index in [1.54, 1.807) is 19.2 Å². The topological polar surface area (TPSA) is 47.6 Å². The number of rotatable bonds is 3. The van der Waals surface area contributed by atoms with Crippen molar-refractivity contribution >= 4 is 23.2 Å². The van der Waals surface area contributed by atoms with Crippen molar-refractivity contribution in [2.75, 3.05) is 12.4 Å². The fraction of sp³-hybridized carbons (Fsp3) is 0.235. The quantitative estimate of drug-likeness (QED) is 0.941. The van der Waals surface area contributed by atoms with E-state index < -0.39 is 6.10 Å². The number of anilines is 1. The summed E-state index contributed by atoms with van der Waals surface area (Å²) >= 11 is 6.07. The van der Waals surface area contributed by atoms with Crippen molar-refractivity contribution in [3.8, 4) is 11.5 Å². The van der Waals surface area contributed by atoms with Gasteiger partial charge in [0.2, 0.25) is 0 Å². The maximum Gasteiger partial charge on any atom is 0.265 e. The molecule has 0 fully saturated rings. The van der Waals surface area contributed by atoms with Crippen molar-refractivity contribution < 1.29 is 14.3 Å². The molecule has 3 rings (SSSR count). The third-order valence-electron chi connectivity index (χ3n) is 3.68. The zero-order valence-corrected chi connectivity index (χ0v) is 13.1. The summed E-state index contributed by atoms with van der Waals surface area (Å²) in [6, 6.07) is 11.2. The van der Waals surface area contributed by atoms with Gasteiger partial charge in [0.15, 0.2) is 6.10 Å². The molecular formula is C17H16ClNO3. The molecule has 1 amide bonds. The van der Waals surface area contributed by atoms with Gasteiger partial charge in [-0.3, -0.25) is 4.79 Å². The second-order valence-corrected chi connectivity index (χ2v) is 5.62. The highest BCUT2D eigenvalue weighted by molar-refractivity contribution is 6.31. The van der Waals surface area contributed by atoms with Crippen LogP contribution < -0.4 is 14.8 Å². The minimum Gasteiger partial charge on any atom is -0.495 e. The van der Waals surface area contributed by atoms with E-state index in [9.17, 15) is 4.79 Å². The number of halogens is 1. The van der Waals surface area contributed by atoms with Gasteiger partial charge >= 0.3 is 0 Å². The highest BCUT2D eigenvalue weighted by atomic mass is 35.5. The summed E-state index contributed by atoms with van der Waals surface area (Å²) in [5, 5.41) is 3.46. The molecule has 1 unspecified atom stereocenters. The minimum absolute atomic E-state index is 0.198. The van der Waals surface area contributed by atoms with Crippen LogP contribution in [0.1, 0.15) is 11.1 Å². The van der Waals surface area contributed by atoms with E-state index >= 15 is 0 Å². The number of nitrogens with one attached hydrogen (secondary N) is 1. The van der Waals surface area contributed by atoms with Gasteiger partial charge in [-0.15, -0.1) is 0 Å². The van der Waals surface area contributed by atoms with Crippen molar-refractivity contribution in [2.24, 2.45) is 0 Å². The third kappa shape index (κ3) is 2.74. The number of amides is 1. The zero-order valence-electron chi connectivity index (χ0n) is 12.4. The van der Waals surface area contributed by atoms with Gasteiger partial charge in [-0.25, -0.2) is 0 Å². The van der Waals surface area contributed by atoms with Gasteiger partial charge in [0.25, 0.3) is 5.91 Å². The molecule has 1 aliphatic heterocycles. The second-order valence-electron chi connectivity index (χ2n) is 5.21. The van der Waals surface area contributed by atoms with Gasteiger partial charge in [0.05, 0.1) is 12.8 Å². The first-order chi connectivity index (χ1) is 10.6. The lowest BCUT2D eigenvalue weighted by atomic mass is 10.1. The molecule has 0 bridgehead atoms. The molecule has 22 heavy (non-hydrogen) atoms. The maximum absolute atomic E-state index is 12.4. The standard InChI is InChI=1S/C17H16ClNO3/c1-10-7-13(15(21-2)9-12(10)18)19-17(20)16-8-11-5-3-4-6-14(11)22-16/h3-7,9,16H,8H2,1-2H3,(H,19,20). The minimum atomic E-state index is -0.530. The van der Waals surface area contributed by atoms with Crippen LogP contribution >= 0.6 is 11.6 Å². The van der Waals surface area contributed by atoms with Crippen molar-refractivity contribution in [1.29, 1.82) is 0 Å². The second kappa shape index (κ2) is 5.89. The Labute approximate surface area is 134 Å². The van der Waals surface area contributed by atoms with Crippen LogP contribution in [0.5, 0.6) is 11.5 Å². The number of carbonyl (C=O) groups excluding carboxylic acids is 1. The molecule has 5 heteroatoms. The molecular weight excluding hydrogens is 302 g/mol. The average Bonchev–Trinajstić information content (AvgIpc) is 2.94. The average molecular weight is 318 g/mol. The molecule has 1 aliphatic rings. The largest absolute Gasteiger partial charge is 0.495 e. The molecule has 0 saturated heterocycles. The molecule has 114 valence electrons. The number of ether oxygens (including phenoxy) is 2. The van der Waals surface area contributed by atoms with E-state index in [-0.39, 0.29) is 5.91 Å². The number of para-hydroxylation sites is 1. The van der Waals surface area contributed by atoms with Crippen LogP contribution in [0.25, 0.3) is 0 Å². The lowest BCUT2D eigenvalue weighted by molar-refractivity contribution is -0.122. The number of aryl methyl sites for hydroxylation is 1. The van der Waals surface area contributed by atoms with E-state index in [2.05, 4.69) is 5.32 Å². The Balaban J connectivity index is 1.77. The van der Waals surface area contributed by atoms with Crippen LogP contribution in [0.2, 0.25) is 5.02 Å². The maximum atomic E-state index is 12.4. The van der Waals surface area contributed by atoms with Crippen molar-refractivity contribution in [2.45, 2.75) is 19.4 Å². The smallest absolute Gasteiger partial charge is 0.265 e. The summed E-state index contributed by atoms with van der Waals surface area (Å²) < 4.78 is 11.0. The summed E-state index contributed by atoms with van der Waals surface area (Å²) in [5.41, 5.74) is 2.50. The number of benzene rings is 2. The monoisotopic (exact) mass is 317 g/mol. The van der Waals surface area contributed by atoms with E-state index in [0.29, 0.717) is 22.9 Å². The predicted molar refractivity (Wildman–Crippen MR) is 85.9 cm³/mol. The third-order valence-corrected chi connectivity index (χ3v) is 4.09. The SMILES string of the molecule is COc1cc(Cl)c(C)cc1NC(=O)C1Cc2ccccc2O1. The molecule has 0 aliphatic carbocycles. The first kappa shape index (κ1) is 14.7. The van der Waals surface area contributed by atoms with Crippen molar-refractivity contribution in [1.82, 2.24) is 0 Å². The summed E-state index contributed by atoms with van der Waals surface area (Å²) in [6.07, 6.45) is 0.0368. The van der Waals surface area contributed by atoms with Crippen LogP contribution in [0, 0.1) is 6.92 Å². The molecule has 0 spiro atoms. The molecule has 0 saturated carbocycles. The Bertz CT molecular complexity index is 705. The lowest BCUT2D eigenvalue weighted by Crippen LogP contribution is -2.31. The van der Waals surface area contributed by atoms with Crippen LogP contribution in [0.3, 0.4) is 0 Å². The van der Waals surface area contributed by atoms with E-state index in [1.165, 1.54) is 0 Å². The van der Waals surface area contributed by atoms with Gasteiger partial charge in [-0.05, 0) is 30.2 Å². The molecule has 4 nitrogen and oxygen atoms in total. The number of hydrogen-bond acceptors (Lipinski definition) is 3. The summed E-state index contributed by atoms with van der Waals surface area (Å²) in [4.78, 5) is 12.4. The van der Waals surface area contributed by atoms with Crippen LogP contribution in [0.4, 0.5) is 5.69 Å². The molecule has 1 N–H and O–H groups in total. The normalized spacial score (nSPS) is 15.9. The molecule has 0 aromatic heterocycles. The first-order valence-electron chi connectivity index (χ1n) is 6.98. The highest BCUT2D eigenvalue weighted by Gasteiger charge is 2.29. The Kier molecular flexibility index (Phi) is 3.94. The Morgan fingerprint density at radius 2 is 2.14 bits per heavy atom. The van der Waals surface area contributed by atoms with Gasteiger partial charge < -0.3 is 14.8 Å². The van der Waals surface area contributed by atoms with Gasteiger partial charge in [0.1, 0.15) is 11.5 Å². The van der Waals surface area contributed by atoms with E-state index in [4.69, 9.17) is 21.1 Å². The number of methoxy groups -OCH3 is 1. The zero-order chi connectivity index (χ0) is 15.7. The fourth-order valence-electron chi connectivity index (χ4n) is 2.47. The summed E-state index contributed by atoms with van der Waals surface area (Å²) in [6.45, 7) is 1.87. The summed E-state index contributed by atoms with van der Waals surface area (Å²) in [5.74, 6) is 1.09. The number of carbonyl (C=O) groups is 1. The molecule has 2 aromatic carbocycles. The fourth-order valence-corrected chi connectivity index (χ4v) is 2.63. The Hall–Kier alpha value is -2.20. The Morgan fingerprint density at radius 1 is 1.36 bits per heavy atom. The molecule has 0 radical (unpaired) electrons. The van der Waals surface area contributed by atoms with Crippen molar-refractivity contribution in [3.05, 3.63) is 52.5 Å². The highest BCUT2D eigenvalue weighted by Crippen LogP contribution is 2.32. The Morgan fingerprint density at radius 3 is 2.86 bits per heavy atom. The van der Waals surface area contributed by atoms with E-state index in [0.717, 1.165) is 16.9 Å². The molecule has 2 aromatic rings. The number of hydrogen-bond donors (Lipinski definition) is 1. The van der Waals surface area contributed by atoms with Crippen LogP contribution in [-0.2, 0) is 11.2 Å². The first-order valence-corrected chi connectivity index (χ1v) is 7.36. The molecule has 1 atom stereocenters. The van der Waals surface area contributed by atoms with Crippen LogP contribution in [0.15, 0.2) is 36.4 Å². The van der Waals surface area contributed by atoms with Gasteiger partial charge in [0, 0.05) is 17.5 Å². The predicted octanol–water partition coefficient (Wildman–Crippen LogP) is 3.60. The van der Waals surface area contributed by atoms with E-state index in [1.807, 2.05) is 31.2 Å². The molecule has 1 heterocycles. The lowest BCUT2D eigenvalue weighted by Gasteiger charge is -2.15. The van der Waals surface area contributed by atoms with Gasteiger partial charge in [-0.2, -0.15) is 0 Å². The van der Waals surface area contributed by atoms with Gasteiger partial charge in [-0.1, -0.05) is 29.8 Å². The number of fused-ring (bicyclic) bond motifs is 1. The van der Waals surface area contributed by atoms with Crippen LogP contribution in [-0.4, -0.2) is 19.1 Å².